The zero-order valence-corrected chi connectivity index (χ0v) is 10.1. The summed E-state index contributed by atoms with van der Waals surface area (Å²) in [5, 5.41) is 0. The standard InChI is InChI=1S/C8H12F5O3P/c1-3-15-17(16-4-2)5-14-8(12,13)6(9)7(10)11/h3-5H2,1-2H3. The maximum Gasteiger partial charge on any atom is 0.415 e. The molecule has 0 aliphatic rings. The van der Waals surface area contributed by atoms with E-state index in [1.54, 1.807) is 13.8 Å². The molecule has 0 spiro atoms. The van der Waals surface area contributed by atoms with Gasteiger partial charge in [0, 0.05) is 0 Å². The van der Waals surface area contributed by atoms with Crippen molar-refractivity contribution in [2.24, 2.45) is 0 Å². The molecule has 102 valence electrons. The average molecular weight is 282 g/mol. The van der Waals surface area contributed by atoms with Gasteiger partial charge < -0.3 is 13.8 Å². The lowest BCUT2D eigenvalue weighted by Gasteiger charge is -2.19. The molecular formula is C8H12F5O3P. The highest BCUT2D eigenvalue weighted by Crippen LogP contribution is 2.41. The van der Waals surface area contributed by atoms with E-state index in [0.717, 1.165) is 0 Å². The minimum absolute atomic E-state index is 0.177. The van der Waals surface area contributed by atoms with Crippen LogP contribution in [0.3, 0.4) is 0 Å². The van der Waals surface area contributed by atoms with Crippen LogP contribution in [0.25, 0.3) is 0 Å². The van der Waals surface area contributed by atoms with E-state index in [-0.39, 0.29) is 13.2 Å². The molecule has 0 aliphatic carbocycles. The lowest BCUT2D eigenvalue weighted by atomic mass is 10.5. The van der Waals surface area contributed by atoms with Crippen molar-refractivity contribution in [1.82, 2.24) is 0 Å². The third-order valence-corrected chi connectivity index (χ3v) is 2.75. The van der Waals surface area contributed by atoms with Crippen molar-refractivity contribution in [3.05, 3.63) is 11.9 Å². The maximum atomic E-state index is 12.7. The monoisotopic (exact) mass is 282 g/mol. The molecule has 0 N–H and O–H groups in total. The number of halogens is 5. The number of rotatable bonds is 8. The molecule has 0 aromatic heterocycles. The van der Waals surface area contributed by atoms with Crippen molar-refractivity contribution in [2.75, 3.05) is 19.6 Å². The fourth-order valence-corrected chi connectivity index (χ4v) is 1.77. The molecule has 0 aliphatic heterocycles. The van der Waals surface area contributed by atoms with Gasteiger partial charge in [0.2, 0.25) is 0 Å². The van der Waals surface area contributed by atoms with Crippen LogP contribution in [0.4, 0.5) is 22.0 Å². The van der Waals surface area contributed by atoms with Crippen LogP contribution in [0.15, 0.2) is 11.9 Å². The molecule has 9 heteroatoms. The van der Waals surface area contributed by atoms with Gasteiger partial charge in [0.1, 0.15) is 6.35 Å². The first-order valence-electron chi connectivity index (χ1n) is 4.61. The molecule has 0 atom stereocenters. The normalized spacial score (nSPS) is 12.0. The van der Waals surface area contributed by atoms with Crippen LogP contribution in [0.1, 0.15) is 13.8 Å². The first-order valence-corrected chi connectivity index (χ1v) is 5.97. The van der Waals surface area contributed by atoms with Crippen molar-refractivity contribution in [2.45, 2.75) is 20.0 Å². The number of ether oxygens (including phenoxy) is 1. The van der Waals surface area contributed by atoms with Crippen molar-refractivity contribution in [3.8, 4) is 0 Å². The molecule has 0 saturated heterocycles. The molecule has 0 saturated carbocycles. The lowest BCUT2D eigenvalue weighted by molar-refractivity contribution is -0.212. The van der Waals surface area contributed by atoms with Gasteiger partial charge in [0.25, 0.3) is 5.83 Å². The summed E-state index contributed by atoms with van der Waals surface area (Å²) in [6.45, 7) is 3.54. The summed E-state index contributed by atoms with van der Waals surface area (Å²) in [7, 11) is -1.81. The average Bonchev–Trinajstić information content (AvgIpc) is 2.25. The molecule has 0 rings (SSSR count). The summed E-state index contributed by atoms with van der Waals surface area (Å²) in [6.07, 6.45) is -8.59. The minimum Gasteiger partial charge on any atom is -0.333 e. The number of alkyl halides is 2. The zero-order valence-electron chi connectivity index (χ0n) is 9.18. The highest BCUT2D eigenvalue weighted by Gasteiger charge is 2.41. The Hall–Kier alpha value is -0.300. The summed E-state index contributed by atoms with van der Waals surface area (Å²) in [5.41, 5.74) is 0. The van der Waals surface area contributed by atoms with Crippen LogP contribution in [0.2, 0.25) is 0 Å². The van der Waals surface area contributed by atoms with Gasteiger partial charge >= 0.3 is 12.2 Å². The Morgan fingerprint density at radius 2 is 1.53 bits per heavy atom. The summed E-state index contributed by atoms with van der Waals surface area (Å²) < 4.78 is 74.4. The summed E-state index contributed by atoms with van der Waals surface area (Å²) >= 11 is 0. The molecule has 17 heavy (non-hydrogen) atoms. The largest absolute Gasteiger partial charge is 0.415 e. The van der Waals surface area contributed by atoms with Crippen molar-refractivity contribution >= 4 is 8.38 Å². The predicted molar refractivity (Wildman–Crippen MR) is 51.4 cm³/mol. The fraction of sp³-hybridized carbons (Fsp3) is 0.750. The van der Waals surface area contributed by atoms with E-state index >= 15 is 0 Å². The molecule has 0 heterocycles. The Bertz CT molecular complexity index is 252. The van der Waals surface area contributed by atoms with E-state index in [2.05, 4.69) is 4.74 Å². The molecule has 3 nitrogen and oxygen atoms in total. The van der Waals surface area contributed by atoms with E-state index < -0.39 is 32.7 Å². The first kappa shape index (κ1) is 16.7. The Labute approximate surface area is 96.4 Å². The van der Waals surface area contributed by atoms with E-state index in [0.29, 0.717) is 0 Å². The van der Waals surface area contributed by atoms with Gasteiger partial charge in [-0.1, -0.05) is 0 Å². The van der Waals surface area contributed by atoms with E-state index in [1.807, 2.05) is 0 Å². The second-order valence-electron chi connectivity index (χ2n) is 2.53. The van der Waals surface area contributed by atoms with Crippen LogP contribution in [0, 0.1) is 0 Å². The van der Waals surface area contributed by atoms with Crippen LogP contribution < -0.4 is 0 Å². The predicted octanol–water partition coefficient (Wildman–Crippen LogP) is 4.02. The first-order chi connectivity index (χ1) is 7.85. The zero-order chi connectivity index (χ0) is 13.5. The summed E-state index contributed by atoms with van der Waals surface area (Å²) in [4.78, 5) is 0. The lowest BCUT2D eigenvalue weighted by Crippen LogP contribution is -2.23. The van der Waals surface area contributed by atoms with E-state index in [4.69, 9.17) is 9.05 Å². The molecule has 0 unspecified atom stereocenters. The molecule has 0 fully saturated rings. The highest BCUT2D eigenvalue weighted by molar-refractivity contribution is 7.47. The second-order valence-corrected chi connectivity index (χ2v) is 3.97. The Morgan fingerprint density at radius 3 is 1.88 bits per heavy atom. The molecule has 0 radical (unpaired) electrons. The molecule has 0 amide bonds. The third-order valence-electron chi connectivity index (χ3n) is 1.32. The van der Waals surface area contributed by atoms with Gasteiger partial charge in [-0.2, -0.15) is 22.0 Å². The number of hydrogen-bond acceptors (Lipinski definition) is 3. The Kier molecular flexibility index (Phi) is 7.78. The van der Waals surface area contributed by atoms with Gasteiger partial charge in [-0.3, -0.25) is 0 Å². The smallest absolute Gasteiger partial charge is 0.333 e. The number of hydrogen-bond donors (Lipinski definition) is 0. The summed E-state index contributed by atoms with van der Waals surface area (Å²) in [5.74, 6) is -2.90. The van der Waals surface area contributed by atoms with Gasteiger partial charge in [-0.05, 0) is 13.8 Å². The van der Waals surface area contributed by atoms with Crippen LogP contribution >= 0.6 is 8.38 Å². The molecule has 0 aromatic rings. The topological polar surface area (TPSA) is 27.7 Å². The van der Waals surface area contributed by atoms with E-state index in [1.165, 1.54) is 0 Å². The Balaban J connectivity index is 4.36. The summed E-state index contributed by atoms with van der Waals surface area (Å²) in [6, 6.07) is 0. The SMILES string of the molecule is CCOP(COC(F)(F)C(F)=C(F)F)OCC. The van der Waals surface area contributed by atoms with Crippen LogP contribution in [-0.4, -0.2) is 25.7 Å². The molecule has 0 aromatic carbocycles. The molecule has 0 bridgehead atoms. The highest BCUT2D eigenvalue weighted by atomic mass is 31.2. The van der Waals surface area contributed by atoms with Crippen LogP contribution in [0.5, 0.6) is 0 Å². The van der Waals surface area contributed by atoms with Gasteiger partial charge in [-0.15, -0.1) is 0 Å². The maximum absolute atomic E-state index is 12.7. The van der Waals surface area contributed by atoms with Gasteiger partial charge in [-0.25, -0.2) is 0 Å². The molecular weight excluding hydrogens is 270 g/mol. The van der Waals surface area contributed by atoms with E-state index in [9.17, 15) is 22.0 Å². The van der Waals surface area contributed by atoms with Gasteiger partial charge in [0.05, 0.1) is 13.2 Å². The second kappa shape index (κ2) is 7.92. The van der Waals surface area contributed by atoms with Gasteiger partial charge in [0.15, 0.2) is 8.38 Å². The van der Waals surface area contributed by atoms with Crippen molar-refractivity contribution < 1.29 is 35.7 Å². The fourth-order valence-electron chi connectivity index (χ4n) is 0.707. The Morgan fingerprint density at radius 1 is 1.06 bits per heavy atom. The third kappa shape index (κ3) is 6.26. The van der Waals surface area contributed by atoms with Crippen molar-refractivity contribution in [1.29, 1.82) is 0 Å². The van der Waals surface area contributed by atoms with Crippen LogP contribution in [-0.2, 0) is 13.8 Å². The minimum atomic E-state index is -4.67. The van der Waals surface area contributed by atoms with Crippen molar-refractivity contribution in [3.63, 3.8) is 0 Å². The quantitative estimate of drug-likeness (QED) is 0.497.